The van der Waals surface area contributed by atoms with Gasteiger partial charge in [0, 0.05) is 50.2 Å². The molecule has 3 aliphatic heterocycles. The van der Waals surface area contributed by atoms with E-state index in [-0.39, 0.29) is 0 Å². The van der Waals surface area contributed by atoms with E-state index in [4.69, 9.17) is 14.7 Å². The highest BCUT2D eigenvalue weighted by Crippen LogP contribution is 2.34. The van der Waals surface area contributed by atoms with Crippen molar-refractivity contribution in [2.45, 2.75) is 128 Å². The molecule has 1 aromatic rings. The average molecular weight is 500 g/mol. The van der Waals surface area contributed by atoms with Gasteiger partial charge in [0.15, 0.2) is 0 Å². The lowest BCUT2D eigenvalue weighted by Gasteiger charge is -2.32. The summed E-state index contributed by atoms with van der Waals surface area (Å²) in [6.07, 6.45) is 19.0. The van der Waals surface area contributed by atoms with Gasteiger partial charge in [-0.1, -0.05) is 25.7 Å². The van der Waals surface area contributed by atoms with Gasteiger partial charge in [-0.05, 0) is 104 Å². The van der Waals surface area contributed by atoms with E-state index < -0.39 is 0 Å². The summed E-state index contributed by atoms with van der Waals surface area (Å²) in [4.78, 5) is 17.7. The summed E-state index contributed by atoms with van der Waals surface area (Å²) in [5.41, 5.74) is 1.35. The first-order valence-corrected chi connectivity index (χ1v) is 15.2. The Bertz CT molecular complexity index is 746. The van der Waals surface area contributed by atoms with Gasteiger partial charge in [-0.3, -0.25) is 4.90 Å². The largest absolute Gasteiger partial charge is 0.379 e. The molecule has 0 saturated carbocycles. The number of rotatable bonds is 13. The maximum absolute atomic E-state index is 5.63. The summed E-state index contributed by atoms with van der Waals surface area (Å²) in [6.45, 7) is 15.9. The van der Waals surface area contributed by atoms with Crippen LogP contribution in [0.4, 0.5) is 5.95 Å². The number of fused-ring (bicyclic) bond motifs is 2. The lowest BCUT2D eigenvalue weighted by atomic mass is 9.91. The third-order valence-corrected chi connectivity index (χ3v) is 8.81. The van der Waals surface area contributed by atoms with E-state index in [0.717, 1.165) is 19.1 Å². The summed E-state index contributed by atoms with van der Waals surface area (Å²) in [5.74, 6) is 1.60. The summed E-state index contributed by atoms with van der Waals surface area (Å²) >= 11 is 0. The SMILES string of the molecule is CC(C)OCCCCCCCCN1CCC(c2cnc(N3C4CCC3CN(C(C)C)CC4)nc2)CC1. The highest BCUT2D eigenvalue weighted by Gasteiger charge is 2.39. The van der Waals surface area contributed by atoms with Crippen molar-refractivity contribution in [1.82, 2.24) is 19.8 Å². The van der Waals surface area contributed by atoms with E-state index in [1.54, 1.807) is 0 Å². The van der Waals surface area contributed by atoms with Crippen molar-refractivity contribution in [2.24, 2.45) is 0 Å². The van der Waals surface area contributed by atoms with Crippen LogP contribution in [0.2, 0.25) is 0 Å². The number of likely N-dealkylation sites (tertiary alicyclic amines) is 2. The average Bonchev–Trinajstić information content (AvgIpc) is 3.16. The van der Waals surface area contributed by atoms with Crippen LogP contribution in [0.5, 0.6) is 0 Å². The molecule has 1 aromatic heterocycles. The van der Waals surface area contributed by atoms with Crippen LogP contribution in [-0.4, -0.2) is 83.3 Å². The molecule has 4 heterocycles. The lowest BCUT2D eigenvalue weighted by molar-refractivity contribution is 0.0756. The van der Waals surface area contributed by atoms with Crippen LogP contribution in [0, 0.1) is 0 Å². The quantitative estimate of drug-likeness (QED) is 0.316. The number of anilines is 1. The van der Waals surface area contributed by atoms with E-state index in [1.165, 1.54) is 102 Å². The molecule has 2 bridgehead atoms. The van der Waals surface area contributed by atoms with Crippen LogP contribution in [0.1, 0.15) is 110 Å². The molecule has 0 amide bonds. The Morgan fingerprint density at radius 2 is 1.47 bits per heavy atom. The molecule has 2 atom stereocenters. The van der Waals surface area contributed by atoms with E-state index in [9.17, 15) is 0 Å². The Balaban J connectivity index is 1.14. The van der Waals surface area contributed by atoms with Gasteiger partial charge in [0.2, 0.25) is 5.95 Å². The number of unbranched alkanes of at least 4 members (excludes halogenated alkanes) is 5. The maximum Gasteiger partial charge on any atom is 0.225 e. The van der Waals surface area contributed by atoms with Crippen molar-refractivity contribution in [1.29, 1.82) is 0 Å². The summed E-state index contributed by atoms with van der Waals surface area (Å²) in [5, 5.41) is 0. The van der Waals surface area contributed by atoms with Crippen molar-refractivity contribution in [3.05, 3.63) is 18.0 Å². The number of aromatic nitrogens is 2. The molecule has 0 aromatic carbocycles. The lowest BCUT2D eigenvalue weighted by Crippen LogP contribution is -2.42. The second-order valence-corrected chi connectivity index (χ2v) is 12.1. The van der Waals surface area contributed by atoms with Crippen LogP contribution < -0.4 is 4.90 Å². The van der Waals surface area contributed by atoms with Crippen LogP contribution in [0.3, 0.4) is 0 Å². The van der Waals surface area contributed by atoms with Gasteiger partial charge in [-0.15, -0.1) is 0 Å². The van der Waals surface area contributed by atoms with E-state index in [2.05, 4.69) is 54.8 Å². The number of ether oxygens (including phenoxy) is 1. The van der Waals surface area contributed by atoms with Gasteiger partial charge in [-0.2, -0.15) is 0 Å². The van der Waals surface area contributed by atoms with Gasteiger partial charge in [0.25, 0.3) is 0 Å². The van der Waals surface area contributed by atoms with Gasteiger partial charge >= 0.3 is 0 Å². The fraction of sp³-hybridized carbons (Fsp3) is 0.867. The summed E-state index contributed by atoms with van der Waals surface area (Å²) in [7, 11) is 0. The van der Waals surface area contributed by atoms with Crippen LogP contribution >= 0.6 is 0 Å². The number of hydrogen-bond donors (Lipinski definition) is 0. The predicted octanol–water partition coefficient (Wildman–Crippen LogP) is 5.87. The summed E-state index contributed by atoms with van der Waals surface area (Å²) in [6, 6.07) is 1.82. The fourth-order valence-electron chi connectivity index (χ4n) is 6.53. The highest BCUT2D eigenvalue weighted by molar-refractivity contribution is 5.37. The van der Waals surface area contributed by atoms with Gasteiger partial charge in [-0.25, -0.2) is 9.97 Å². The zero-order valence-corrected chi connectivity index (χ0v) is 23.7. The third-order valence-electron chi connectivity index (χ3n) is 8.81. The minimum atomic E-state index is 0.372. The van der Waals surface area contributed by atoms with Crippen molar-refractivity contribution in [3.63, 3.8) is 0 Å². The molecule has 0 aliphatic carbocycles. The zero-order chi connectivity index (χ0) is 25.3. The third kappa shape index (κ3) is 7.88. The molecule has 204 valence electrons. The maximum atomic E-state index is 5.63. The Morgan fingerprint density at radius 1 is 0.806 bits per heavy atom. The first-order valence-electron chi connectivity index (χ1n) is 15.2. The van der Waals surface area contributed by atoms with Gasteiger partial charge in [0.1, 0.15) is 0 Å². The second-order valence-electron chi connectivity index (χ2n) is 12.1. The van der Waals surface area contributed by atoms with E-state index in [1.807, 2.05) is 0 Å². The summed E-state index contributed by atoms with van der Waals surface area (Å²) < 4.78 is 5.63. The van der Waals surface area contributed by atoms with E-state index in [0.29, 0.717) is 30.1 Å². The van der Waals surface area contributed by atoms with Gasteiger partial charge < -0.3 is 14.5 Å². The van der Waals surface area contributed by atoms with Crippen LogP contribution in [0.15, 0.2) is 12.4 Å². The van der Waals surface area contributed by atoms with Crippen molar-refractivity contribution in [2.75, 3.05) is 44.2 Å². The molecule has 0 spiro atoms. The Kier molecular flexibility index (Phi) is 10.9. The molecule has 0 radical (unpaired) electrons. The second kappa shape index (κ2) is 14.1. The molecule has 3 saturated heterocycles. The highest BCUT2D eigenvalue weighted by atomic mass is 16.5. The van der Waals surface area contributed by atoms with Crippen molar-refractivity contribution >= 4 is 5.95 Å². The topological polar surface area (TPSA) is 44.7 Å². The fourth-order valence-corrected chi connectivity index (χ4v) is 6.53. The molecular formula is C30H53N5O. The molecule has 36 heavy (non-hydrogen) atoms. The molecule has 6 heteroatoms. The number of nitrogens with zero attached hydrogens (tertiary/aromatic N) is 5. The Hall–Kier alpha value is -1.24. The Morgan fingerprint density at radius 3 is 2.17 bits per heavy atom. The standard InChI is InChI=1S/C30H53N5O/c1-24(2)34-19-15-28-11-12-29(23-34)35(28)30-31-21-27(22-32-30)26-13-17-33(18-14-26)16-9-7-5-6-8-10-20-36-25(3)4/h21-22,24-26,28-29H,5-20,23H2,1-4H3. The number of hydrogen-bond acceptors (Lipinski definition) is 6. The van der Waals surface area contributed by atoms with Crippen molar-refractivity contribution in [3.8, 4) is 0 Å². The first kappa shape index (κ1) is 27.8. The Labute approximate surface area is 221 Å². The first-order chi connectivity index (χ1) is 17.5. The molecule has 6 nitrogen and oxygen atoms in total. The molecule has 4 rings (SSSR count). The van der Waals surface area contributed by atoms with Crippen molar-refractivity contribution < 1.29 is 4.74 Å². The molecule has 2 unspecified atom stereocenters. The predicted molar refractivity (Wildman–Crippen MR) is 150 cm³/mol. The van der Waals surface area contributed by atoms with Crippen LogP contribution in [0.25, 0.3) is 0 Å². The normalized spacial score (nSPS) is 24.2. The minimum Gasteiger partial charge on any atom is -0.379 e. The van der Waals surface area contributed by atoms with E-state index >= 15 is 0 Å². The molecule has 0 N–H and O–H groups in total. The molecule has 3 fully saturated rings. The van der Waals surface area contributed by atoms with Crippen LogP contribution in [-0.2, 0) is 4.74 Å². The zero-order valence-electron chi connectivity index (χ0n) is 23.7. The molecule has 3 aliphatic rings. The van der Waals surface area contributed by atoms with Gasteiger partial charge in [0.05, 0.1) is 6.10 Å². The monoisotopic (exact) mass is 499 g/mol. The smallest absolute Gasteiger partial charge is 0.225 e. The number of piperidine rings is 1. The molecular weight excluding hydrogens is 446 g/mol. The minimum absolute atomic E-state index is 0.372.